The van der Waals surface area contributed by atoms with Crippen molar-refractivity contribution in [2.45, 2.75) is 248 Å². The summed E-state index contributed by atoms with van der Waals surface area (Å²) in [7, 11) is 0. The molecule has 4 N–H and O–H groups in total. The molecule has 0 bridgehead atoms. The second-order valence-corrected chi connectivity index (χ2v) is 29.7. The highest BCUT2D eigenvalue weighted by Gasteiger charge is 2.59. The van der Waals surface area contributed by atoms with Crippen LogP contribution in [0.2, 0.25) is 0 Å². The van der Waals surface area contributed by atoms with Crippen molar-refractivity contribution in [1.29, 1.82) is 0 Å². The second-order valence-electron chi connectivity index (χ2n) is 29.7. The van der Waals surface area contributed by atoms with Crippen LogP contribution in [0.25, 0.3) is 0 Å². The zero-order valence-corrected chi connectivity index (χ0v) is 65.6. The van der Waals surface area contributed by atoms with Gasteiger partial charge >= 0.3 is 5.97 Å². The molecule has 5 heterocycles. The van der Waals surface area contributed by atoms with Crippen LogP contribution < -0.4 is 5.32 Å². The molecule has 0 radical (unpaired) electrons. The number of nitrogens with one attached hydrogen (secondary N) is 1. The predicted molar refractivity (Wildman–Crippen MR) is 419 cm³/mol. The molecule has 1 amide bonds. The summed E-state index contributed by atoms with van der Waals surface area (Å²) in [6.45, 7) is 9.70. The minimum atomic E-state index is -1.79. The number of rotatable bonds is 36. The summed E-state index contributed by atoms with van der Waals surface area (Å²) >= 11 is 0. The first-order valence-corrected chi connectivity index (χ1v) is 39.6. The average molecular weight is 1580 g/mol. The maximum Gasteiger partial charge on any atom is 0.303 e. The average Bonchev–Trinajstić information content (AvgIpc) is 0.717. The molecule has 8 aromatic carbocycles. The second kappa shape index (κ2) is 42.3. The molecular weight excluding hydrogens is 1470 g/mol. The summed E-state index contributed by atoms with van der Waals surface area (Å²) in [4.78, 5) is 26.9. The standard InChI is InChI=1S/C91H107NO23/c1-57-73(92-61(5)94)80(74(96)71(47-93)106-57)112-91-87(110-62(6)95)84(78(60(4)109-91)101-51-66-37-21-10-22-38-66)114-90-86(82(103-53-68-41-25-12-26-42-68)77(59(3)108-90)100-50-65-35-19-9-20-36-65)115-88-75(97)81(76(58(2)107-88)99-49-64-33-17-8-18-34-64)113-89-85(105-55-70-45-29-14-30-46-70)83(104-54-69-43-27-13-28-44-69)79(102-52-67-39-23-11-24-40-67)72(111-89)56-98-48-63-31-15-7-16-32-63/h7-46,57-60,71-91,93,96-97H,47-56H2,1-6H3,(H,92,94)/t57-,58?,59?,60?,71?,72-,73?,74+,75?,76-,77-,78-,79+,80+,81+,82-,83?,84-,85?,86?,87?,88-,89+,90-,91-/m0/s1. The van der Waals surface area contributed by atoms with E-state index in [4.69, 9.17) is 85.3 Å². The van der Waals surface area contributed by atoms with Crippen LogP contribution in [0.4, 0.5) is 0 Å². The van der Waals surface area contributed by atoms with Gasteiger partial charge in [0, 0.05) is 13.8 Å². The lowest BCUT2D eigenvalue weighted by Crippen LogP contribution is -2.69. The molecule has 0 spiro atoms. The number of amides is 1. The molecule has 0 saturated carbocycles. The number of aliphatic hydroxyl groups excluding tert-OH is 3. The predicted octanol–water partition coefficient (Wildman–Crippen LogP) is 10.7. The number of ether oxygens (including phenoxy) is 18. The van der Waals surface area contributed by atoms with E-state index in [9.17, 15) is 24.9 Å². The van der Waals surface area contributed by atoms with Gasteiger partial charge in [-0.15, -0.1) is 0 Å². The normalized spacial score (nSPS) is 31.6. The third-order valence-corrected chi connectivity index (χ3v) is 21.2. The maximum absolute atomic E-state index is 13.9. The zero-order valence-electron chi connectivity index (χ0n) is 65.6. The molecule has 5 aliphatic heterocycles. The molecule has 0 aromatic heterocycles. The number of aliphatic hydroxyl groups is 3. The fourth-order valence-electron chi connectivity index (χ4n) is 15.3. The number of hydrogen-bond acceptors (Lipinski definition) is 23. The monoisotopic (exact) mass is 1580 g/mol. The van der Waals surface area contributed by atoms with Crippen LogP contribution in [0, 0.1) is 0 Å². The molecule has 5 fully saturated rings. The third kappa shape index (κ3) is 23.0. The van der Waals surface area contributed by atoms with E-state index in [1.165, 1.54) is 13.8 Å². The van der Waals surface area contributed by atoms with Crippen molar-refractivity contribution < 1.29 is 110 Å². The van der Waals surface area contributed by atoms with Crippen LogP contribution in [-0.4, -0.2) is 194 Å². The van der Waals surface area contributed by atoms with Crippen LogP contribution in [-0.2, 0) is 148 Å². The van der Waals surface area contributed by atoms with Crippen LogP contribution in [0.5, 0.6) is 0 Å². The Morgan fingerprint density at radius 2 is 0.626 bits per heavy atom. The lowest BCUT2D eigenvalue weighted by molar-refractivity contribution is -0.404. The van der Waals surface area contributed by atoms with Gasteiger partial charge in [-0.2, -0.15) is 0 Å². The third-order valence-electron chi connectivity index (χ3n) is 21.2. The molecule has 614 valence electrons. The summed E-state index contributed by atoms with van der Waals surface area (Å²) in [6.07, 6.45) is -29.8. The van der Waals surface area contributed by atoms with Crippen molar-refractivity contribution in [2.24, 2.45) is 0 Å². The van der Waals surface area contributed by atoms with Crippen LogP contribution in [0.3, 0.4) is 0 Å². The van der Waals surface area contributed by atoms with E-state index < -0.39 is 172 Å². The molecule has 10 unspecified atom stereocenters. The Balaban J connectivity index is 0.915. The molecule has 25 atom stereocenters. The molecule has 115 heavy (non-hydrogen) atoms. The minimum absolute atomic E-state index is 0.00403. The minimum Gasteiger partial charge on any atom is -0.454 e. The van der Waals surface area contributed by atoms with E-state index in [1.807, 2.05) is 250 Å². The Bertz CT molecular complexity index is 4140. The summed E-state index contributed by atoms with van der Waals surface area (Å²) in [5.74, 6) is -1.24. The van der Waals surface area contributed by atoms with Crippen molar-refractivity contribution >= 4 is 11.9 Å². The molecule has 13 rings (SSSR count). The number of benzene rings is 8. The zero-order chi connectivity index (χ0) is 80.0. The van der Waals surface area contributed by atoms with Gasteiger partial charge in [0.05, 0.1) is 96.5 Å². The summed E-state index contributed by atoms with van der Waals surface area (Å²) < 4.78 is 126. The van der Waals surface area contributed by atoms with E-state index in [0.717, 1.165) is 44.5 Å². The van der Waals surface area contributed by atoms with Gasteiger partial charge in [0.1, 0.15) is 91.6 Å². The number of hydrogen-bond donors (Lipinski definition) is 4. The number of carbonyl (C=O) groups is 2. The van der Waals surface area contributed by atoms with Crippen molar-refractivity contribution in [3.63, 3.8) is 0 Å². The first kappa shape index (κ1) is 84.8. The number of esters is 1. The van der Waals surface area contributed by atoms with Gasteiger partial charge in [-0.3, -0.25) is 9.59 Å². The Hall–Kier alpha value is -8.10. The van der Waals surface area contributed by atoms with Crippen LogP contribution in [0.1, 0.15) is 86.1 Å². The van der Waals surface area contributed by atoms with Crippen LogP contribution in [0.15, 0.2) is 243 Å². The van der Waals surface area contributed by atoms with Crippen molar-refractivity contribution in [2.75, 3.05) is 13.2 Å². The number of carbonyl (C=O) groups excluding carboxylic acids is 2. The van der Waals surface area contributed by atoms with Crippen molar-refractivity contribution in [3.8, 4) is 0 Å². The highest BCUT2D eigenvalue weighted by atomic mass is 16.8. The van der Waals surface area contributed by atoms with Gasteiger partial charge in [-0.25, -0.2) is 0 Å². The molecule has 5 aliphatic rings. The van der Waals surface area contributed by atoms with Crippen LogP contribution >= 0.6 is 0 Å². The van der Waals surface area contributed by atoms with Crippen molar-refractivity contribution in [3.05, 3.63) is 287 Å². The van der Waals surface area contributed by atoms with E-state index >= 15 is 0 Å². The highest BCUT2D eigenvalue weighted by Crippen LogP contribution is 2.42. The Kier molecular flexibility index (Phi) is 31.2. The lowest BCUT2D eigenvalue weighted by Gasteiger charge is -2.52. The molecule has 8 aromatic rings. The van der Waals surface area contributed by atoms with E-state index in [0.29, 0.717) is 0 Å². The topological polar surface area (TPSA) is 273 Å². The maximum atomic E-state index is 13.9. The van der Waals surface area contributed by atoms with Gasteiger partial charge in [0.25, 0.3) is 0 Å². The van der Waals surface area contributed by atoms with Crippen molar-refractivity contribution in [1.82, 2.24) is 5.32 Å². The van der Waals surface area contributed by atoms with Gasteiger partial charge in [-0.1, -0.05) is 243 Å². The molecule has 0 aliphatic carbocycles. The fourth-order valence-corrected chi connectivity index (χ4v) is 15.3. The Morgan fingerprint density at radius 3 is 1.03 bits per heavy atom. The molecular formula is C91H107NO23. The Morgan fingerprint density at radius 1 is 0.313 bits per heavy atom. The quantitative estimate of drug-likeness (QED) is 0.0266. The largest absolute Gasteiger partial charge is 0.454 e. The summed E-state index contributed by atoms with van der Waals surface area (Å²) in [5, 5.41) is 39.4. The van der Waals surface area contributed by atoms with E-state index in [-0.39, 0.29) is 59.5 Å². The first-order chi connectivity index (χ1) is 56.1. The first-order valence-electron chi connectivity index (χ1n) is 39.6. The molecule has 24 heteroatoms. The smallest absolute Gasteiger partial charge is 0.303 e. The van der Waals surface area contributed by atoms with E-state index in [2.05, 4.69) is 5.32 Å². The highest BCUT2D eigenvalue weighted by molar-refractivity contribution is 5.73. The Labute approximate surface area is 672 Å². The van der Waals surface area contributed by atoms with Gasteiger partial charge < -0.3 is 106 Å². The van der Waals surface area contributed by atoms with Gasteiger partial charge in [-0.05, 0) is 72.2 Å². The van der Waals surface area contributed by atoms with E-state index in [1.54, 1.807) is 20.8 Å². The molecule has 5 saturated heterocycles. The summed E-state index contributed by atoms with van der Waals surface area (Å²) in [6, 6.07) is 76.4. The molecule has 24 nitrogen and oxygen atoms in total. The van der Waals surface area contributed by atoms with Gasteiger partial charge in [0.15, 0.2) is 31.3 Å². The summed E-state index contributed by atoms with van der Waals surface area (Å²) in [5.41, 5.74) is 6.81. The SMILES string of the molecule is CC(=O)NC1[C@H](C)OC(CO)[C@@H](O)[C@@H]1O[C@@H]1OC(C)[C@H](OCc2ccccc2)[C@H](O[C@@H]2OC(C)[C@H](OCc3ccccc3)[C@H](OCc3ccccc3)C2O[C@@H]2OC(C)[C@H](OCc3ccccc3)[C@H](O[C@H]3O[C@@H](COCc4ccccc4)[C@@H](OCc4ccccc4)C(OCc4ccccc4)C3OCc3ccccc3)C2O)C1OC(C)=O. The lowest BCUT2D eigenvalue weighted by atomic mass is 9.92. The van der Waals surface area contributed by atoms with Gasteiger partial charge in [0.2, 0.25) is 5.91 Å². The fraction of sp³-hybridized carbons (Fsp3) is 0.451.